The second-order valence-electron chi connectivity index (χ2n) is 7.84. The average Bonchev–Trinajstić information content (AvgIpc) is 3.22. The summed E-state index contributed by atoms with van der Waals surface area (Å²) in [7, 11) is 0. The Morgan fingerprint density at radius 1 is 0.968 bits per heavy atom. The molecule has 0 heterocycles. The molecule has 1 N–H and O–H groups in total. The van der Waals surface area contributed by atoms with Crippen LogP contribution in [0.3, 0.4) is 0 Å². The summed E-state index contributed by atoms with van der Waals surface area (Å²) < 4.78 is 0. The molecule has 1 aliphatic carbocycles. The first kappa shape index (κ1) is 24.2. The van der Waals surface area contributed by atoms with E-state index < -0.39 is 6.04 Å². The molecule has 2 amide bonds. The van der Waals surface area contributed by atoms with E-state index in [9.17, 15) is 9.59 Å². The van der Waals surface area contributed by atoms with Gasteiger partial charge in [0.1, 0.15) is 6.04 Å². The van der Waals surface area contributed by atoms with Crippen molar-refractivity contribution in [3.05, 3.63) is 67.6 Å². The Morgan fingerprint density at radius 2 is 1.52 bits per heavy atom. The van der Waals surface area contributed by atoms with Crippen molar-refractivity contribution in [1.82, 2.24) is 10.2 Å². The van der Waals surface area contributed by atoms with E-state index in [1.807, 2.05) is 0 Å². The molecule has 166 valence electrons. The van der Waals surface area contributed by atoms with E-state index in [1.54, 1.807) is 43.3 Å². The molecule has 1 aliphatic rings. The minimum Gasteiger partial charge on any atom is -0.352 e. The summed E-state index contributed by atoms with van der Waals surface area (Å²) in [5.74, 6) is -0.406. The Bertz CT molecular complexity index is 961. The van der Waals surface area contributed by atoms with Crippen molar-refractivity contribution in [1.29, 1.82) is 0 Å². The summed E-state index contributed by atoms with van der Waals surface area (Å²) >= 11 is 24.6. The smallest absolute Gasteiger partial charge is 0.242 e. The van der Waals surface area contributed by atoms with Gasteiger partial charge in [-0.15, -0.1) is 0 Å². The highest BCUT2D eigenvalue weighted by molar-refractivity contribution is 6.35. The lowest BCUT2D eigenvalue weighted by molar-refractivity contribution is -0.140. The van der Waals surface area contributed by atoms with Gasteiger partial charge in [0.05, 0.1) is 6.42 Å². The van der Waals surface area contributed by atoms with Gasteiger partial charge in [0.15, 0.2) is 0 Å². The van der Waals surface area contributed by atoms with Crippen LogP contribution in [0, 0.1) is 0 Å². The highest BCUT2D eigenvalue weighted by Gasteiger charge is 2.29. The largest absolute Gasteiger partial charge is 0.352 e. The predicted molar refractivity (Wildman–Crippen MR) is 127 cm³/mol. The standard InChI is InChI=1S/C23H24Cl4N2O2/c1-14(23(31)28-19-4-2-3-5-19)29(13-16-7-9-18(25)12-21(16)27)22(30)10-15-6-8-17(24)11-20(15)26/h6-9,11-12,14,19H,2-5,10,13H2,1H3,(H,28,31)/t14-/m1/s1. The summed E-state index contributed by atoms with van der Waals surface area (Å²) in [5.41, 5.74) is 1.36. The maximum atomic E-state index is 13.3. The molecule has 1 saturated carbocycles. The normalized spacial score (nSPS) is 15.0. The summed E-state index contributed by atoms with van der Waals surface area (Å²) in [4.78, 5) is 27.8. The molecule has 31 heavy (non-hydrogen) atoms. The molecule has 0 spiro atoms. The first-order chi connectivity index (χ1) is 14.7. The van der Waals surface area contributed by atoms with Crippen LogP contribution >= 0.6 is 46.4 Å². The van der Waals surface area contributed by atoms with Gasteiger partial charge in [-0.2, -0.15) is 0 Å². The minimum atomic E-state index is -0.675. The lowest BCUT2D eigenvalue weighted by Crippen LogP contribution is -2.50. The third-order valence-electron chi connectivity index (χ3n) is 5.58. The van der Waals surface area contributed by atoms with Crippen LogP contribution in [0.2, 0.25) is 20.1 Å². The van der Waals surface area contributed by atoms with Crippen LogP contribution in [-0.4, -0.2) is 28.8 Å². The number of hydrogen-bond donors (Lipinski definition) is 1. The first-order valence-electron chi connectivity index (χ1n) is 10.2. The van der Waals surface area contributed by atoms with Gasteiger partial charge in [0.2, 0.25) is 11.8 Å². The molecule has 0 unspecified atom stereocenters. The second kappa shape index (κ2) is 10.9. The first-order valence-corrected chi connectivity index (χ1v) is 11.7. The molecule has 0 bridgehead atoms. The van der Waals surface area contributed by atoms with Gasteiger partial charge in [-0.25, -0.2) is 0 Å². The third-order valence-corrected chi connectivity index (χ3v) is 6.76. The minimum absolute atomic E-state index is 0.0439. The Balaban J connectivity index is 1.82. The summed E-state index contributed by atoms with van der Waals surface area (Å²) in [6.07, 6.45) is 4.20. The van der Waals surface area contributed by atoms with E-state index in [-0.39, 0.29) is 30.8 Å². The van der Waals surface area contributed by atoms with Crippen LogP contribution < -0.4 is 5.32 Å². The van der Waals surface area contributed by atoms with Gasteiger partial charge in [-0.1, -0.05) is 71.4 Å². The number of halogens is 4. The van der Waals surface area contributed by atoms with Crippen LogP contribution in [0.5, 0.6) is 0 Å². The maximum absolute atomic E-state index is 13.3. The fourth-order valence-corrected chi connectivity index (χ4v) is 4.68. The number of hydrogen-bond acceptors (Lipinski definition) is 2. The Hall–Kier alpha value is -1.46. The van der Waals surface area contributed by atoms with Gasteiger partial charge in [-0.05, 0) is 55.2 Å². The van der Waals surface area contributed by atoms with E-state index >= 15 is 0 Å². The monoisotopic (exact) mass is 500 g/mol. The number of rotatable bonds is 7. The number of nitrogens with one attached hydrogen (secondary N) is 1. The zero-order valence-corrected chi connectivity index (χ0v) is 20.2. The lowest BCUT2D eigenvalue weighted by atomic mass is 10.1. The lowest BCUT2D eigenvalue weighted by Gasteiger charge is -2.30. The Labute approximate surface area is 202 Å². The maximum Gasteiger partial charge on any atom is 0.242 e. The van der Waals surface area contributed by atoms with Gasteiger partial charge in [0.25, 0.3) is 0 Å². The number of carbonyl (C=O) groups is 2. The van der Waals surface area contributed by atoms with Crippen molar-refractivity contribution in [3.8, 4) is 0 Å². The molecular formula is C23H24Cl4N2O2. The number of amides is 2. The van der Waals surface area contributed by atoms with Crippen LogP contribution in [0.25, 0.3) is 0 Å². The fourth-order valence-electron chi connectivity index (χ4n) is 3.74. The molecule has 3 rings (SSSR count). The van der Waals surface area contributed by atoms with Crippen molar-refractivity contribution in [3.63, 3.8) is 0 Å². The van der Waals surface area contributed by atoms with Crippen molar-refractivity contribution in [2.45, 2.75) is 57.7 Å². The van der Waals surface area contributed by atoms with E-state index in [4.69, 9.17) is 46.4 Å². The highest BCUT2D eigenvalue weighted by Crippen LogP contribution is 2.26. The zero-order chi connectivity index (χ0) is 22.5. The highest BCUT2D eigenvalue weighted by atomic mass is 35.5. The van der Waals surface area contributed by atoms with E-state index in [1.165, 1.54) is 4.90 Å². The predicted octanol–water partition coefficient (Wildman–Crippen LogP) is 6.32. The third kappa shape index (κ3) is 6.52. The van der Waals surface area contributed by atoms with Crippen molar-refractivity contribution in [2.24, 2.45) is 0 Å². The van der Waals surface area contributed by atoms with Crippen molar-refractivity contribution >= 4 is 58.2 Å². The molecule has 1 atom stereocenters. The number of carbonyl (C=O) groups excluding carboxylic acids is 2. The number of benzene rings is 2. The van der Waals surface area contributed by atoms with E-state index in [0.717, 1.165) is 25.7 Å². The van der Waals surface area contributed by atoms with Crippen LogP contribution in [0.15, 0.2) is 36.4 Å². The van der Waals surface area contributed by atoms with Gasteiger partial charge < -0.3 is 10.2 Å². The van der Waals surface area contributed by atoms with E-state index in [0.29, 0.717) is 31.2 Å². The topological polar surface area (TPSA) is 49.4 Å². The molecule has 0 radical (unpaired) electrons. The summed E-state index contributed by atoms with van der Waals surface area (Å²) in [6, 6.07) is 9.60. The molecule has 0 aliphatic heterocycles. The zero-order valence-electron chi connectivity index (χ0n) is 17.1. The number of nitrogens with zero attached hydrogens (tertiary/aromatic N) is 1. The van der Waals surface area contributed by atoms with Crippen LogP contribution in [0.4, 0.5) is 0 Å². The molecule has 2 aromatic rings. The van der Waals surface area contributed by atoms with Gasteiger partial charge >= 0.3 is 0 Å². The van der Waals surface area contributed by atoms with Crippen molar-refractivity contribution in [2.75, 3.05) is 0 Å². The molecule has 0 aromatic heterocycles. The Morgan fingerprint density at radius 3 is 2.06 bits per heavy atom. The molecule has 8 heteroatoms. The second-order valence-corrected chi connectivity index (χ2v) is 9.52. The SMILES string of the molecule is C[C@H](C(=O)NC1CCCC1)N(Cc1ccc(Cl)cc1Cl)C(=O)Cc1ccc(Cl)cc1Cl. The molecule has 2 aromatic carbocycles. The molecule has 1 fully saturated rings. The quantitative estimate of drug-likeness (QED) is 0.482. The average molecular weight is 502 g/mol. The van der Waals surface area contributed by atoms with Crippen LogP contribution in [0.1, 0.15) is 43.7 Å². The summed E-state index contributed by atoms with van der Waals surface area (Å²) in [6.45, 7) is 1.91. The van der Waals surface area contributed by atoms with E-state index in [2.05, 4.69) is 5.32 Å². The fraction of sp³-hybridized carbons (Fsp3) is 0.391. The Kier molecular flexibility index (Phi) is 8.51. The molecule has 4 nitrogen and oxygen atoms in total. The molecule has 0 saturated heterocycles. The van der Waals surface area contributed by atoms with Gasteiger partial charge in [-0.3, -0.25) is 9.59 Å². The summed E-state index contributed by atoms with van der Waals surface area (Å²) in [5, 5.41) is 4.93. The van der Waals surface area contributed by atoms with Crippen molar-refractivity contribution < 1.29 is 9.59 Å². The van der Waals surface area contributed by atoms with Crippen LogP contribution in [-0.2, 0) is 22.6 Å². The molecular weight excluding hydrogens is 478 g/mol. The van der Waals surface area contributed by atoms with Gasteiger partial charge in [0, 0.05) is 32.7 Å².